The molecule has 21 heavy (non-hydrogen) atoms. The van der Waals surface area contributed by atoms with E-state index in [1.807, 2.05) is 30.3 Å². The number of rotatable bonds is 3. The number of aromatic nitrogens is 2. The van der Waals surface area contributed by atoms with Gasteiger partial charge >= 0.3 is 0 Å². The maximum Gasteiger partial charge on any atom is 0.156 e. The van der Waals surface area contributed by atoms with Crippen LogP contribution in [0.5, 0.6) is 5.75 Å². The Morgan fingerprint density at radius 2 is 2.10 bits per heavy atom. The second-order valence-electron chi connectivity index (χ2n) is 4.69. The lowest BCUT2D eigenvalue weighted by atomic mass is 10.3. The molecule has 1 N–H and O–H groups in total. The molecule has 3 aromatic heterocycles. The minimum atomic E-state index is 0.823. The van der Waals surface area contributed by atoms with Crippen LogP contribution in [0.4, 0.5) is 11.5 Å². The van der Waals surface area contributed by atoms with Crippen molar-refractivity contribution in [3.05, 3.63) is 54.0 Å². The average Bonchev–Trinajstić information content (AvgIpc) is 3.15. The summed E-state index contributed by atoms with van der Waals surface area (Å²) in [5.74, 6) is 1.67. The van der Waals surface area contributed by atoms with E-state index in [1.165, 1.54) is 0 Å². The van der Waals surface area contributed by atoms with Crippen LogP contribution in [0.15, 0.2) is 54.0 Å². The summed E-state index contributed by atoms with van der Waals surface area (Å²) in [6.45, 7) is 0. The van der Waals surface area contributed by atoms with E-state index in [0.29, 0.717) is 0 Å². The van der Waals surface area contributed by atoms with Crippen molar-refractivity contribution in [3.8, 4) is 5.75 Å². The molecule has 0 fully saturated rings. The normalized spacial score (nSPS) is 11.1. The van der Waals surface area contributed by atoms with Gasteiger partial charge in [-0.25, -0.2) is 4.98 Å². The first-order valence-corrected chi connectivity index (χ1v) is 7.48. The van der Waals surface area contributed by atoms with Gasteiger partial charge in [-0.1, -0.05) is 6.07 Å². The summed E-state index contributed by atoms with van der Waals surface area (Å²) < 4.78 is 7.41. The third-order valence-electron chi connectivity index (χ3n) is 3.42. The van der Waals surface area contributed by atoms with Crippen molar-refractivity contribution < 1.29 is 4.74 Å². The fourth-order valence-electron chi connectivity index (χ4n) is 2.43. The van der Waals surface area contributed by atoms with Gasteiger partial charge in [0.25, 0.3) is 0 Å². The highest BCUT2D eigenvalue weighted by atomic mass is 32.1. The molecular formula is C16H13N3OS. The molecule has 0 aliphatic heterocycles. The summed E-state index contributed by atoms with van der Waals surface area (Å²) in [7, 11) is 1.67. The van der Waals surface area contributed by atoms with Crippen molar-refractivity contribution in [2.45, 2.75) is 0 Å². The number of anilines is 2. The Balaban J connectivity index is 1.85. The Bertz CT molecular complexity index is 925. The van der Waals surface area contributed by atoms with Crippen LogP contribution in [0.25, 0.3) is 15.9 Å². The SMILES string of the molecule is COc1cccc(Nc2nc3sccc3n3cccc23)c1. The average molecular weight is 295 g/mol. The second-order valence-corrected chi connectivity index (χ2v) is 5.59. The Hall–Kier alpha value is -2.53. The van der Waals surface area contributed by atoms with Gasteiger partial charge in [-0.05, 0) is 35.7 Å². The molecule has 4 aromatic rings. The predicted octanol–water partition coefficient (Wildman–Crippen LogP) is 4.30. The molecule has 3 heterocycles. The first-order chi connectivity index (χ1) is 10.3. The first kappa shape index (κ1) is 12.2. The van der Waals surface area contributed by atoms with E-state index >= 15 is 0 Å². The van der Waals surface area contributed by atoms with Gasteiger partial charge in [0.2, 0.25) is 0 Å². The quantitative estimate of drug-likeness (QED) is 0.612. The molecule has 4 rings (SSSR count). The highest BCUT2D eigenvalue weighted by Gasteiger charge is 2.09. The van der Waals surface area contributed by atoms with Crippen LogP contribution in [-0.4, -0.2) is 16.5 Å². The van der Waals surface area contributed by atoms with Crippen LogP contribution in [-0.2, 0) is 0 Å². The molecule has 1 aromatic carbocycles. The van der Waals surface area contributed by atoms with Gasteiger partial charge in [0, 0.05) is 18.0 Å². The van der Waals surface area contributed by atoms with Gasteiger partial charge in [0.15, 0.2) is 5.82 Å². The van der Waals surface area contributed by atoms with Crippen molar-refractivity contribution in [2.24, 2.45) is 0 Å². The number of fused-ring (bicyclic) bond motifs is 3. The fraction of sp³-hybridized carbons (Fsp3) is 0.0625. The van der Waals surface area contributed by atoms with Gasteiger partial charge in [-0.15, -0.1) is 11.3 Å². The molecule has 4 nitrogen and oxygen atoms in total. The maximum atomic E-state index is 5.26. The Labute approximate surface area is 125 Å². The summed E-state index contributed by atoms with van der Waals surface area (Å²) >= 11 is 1.64. The largest absolute Gasteiger partial charge is 0.497 e. The smallest absolute Gasteiger partial charge is 0.156 e. The second kappa shape index (κ2) is 4.79. The summed E-state index contributed by atoms with van der Waals surface area (Å²) in [5, 5.41) is 5.45. The number of nitrogens with zero attached hydrogens (tertiary/aromatic N) is 2. The van der Waals surface area contributed by atoms with E-state index in [2.05, 4.69) is 33.4 Å². The van der Waals surface area contributed by atoms with Crippen molar-refractivity contribution in [3.63, 3.8) is 0 Å². The topological polar surface area (TPSA) is 38.6 Å². The molecule has 0 amide bonds. The van der Waals surface area contributed by atoms with Crippen molar-refractivity contribution in [1.29, 1.82) is 0 Å². The van der Waals surface area contributed by atoms with Gasteiger partial charge in [0.1, 0.15) is 10.6 Å². The number of benzene rings is 1. The van der Waals surface area contributed by atoms with Crippen LogP contribution >= 0.6 is 11.3 Å². The van der Waals surface area contributed by atoms with Gasteiger partial charge < -0.3 is 14.5 Å². The molecular weight excluding hydrogens is 282 g/mol. The minimum Gasteiger partial charge on any atom is -0.497 e. The lowest BCUT2D eigenvalue weighted by molar-refractivity contribution is 0.415. The van der Waals surface area contributed by atoms with Crippen LogP contribution < -0.4 is 10.1 Å². The van der Waals surface area contributed by atoms with Gasteiger partial charge in [-0.2, -0.15) is 0 Å². The Morgan fingerprint density at radius 1 is 1.14 bits per heavy atom. The monoisotopic (exact) mass is 295 g/mol. The number of hydrogen-bond donors (Lipinski definition) is 1. The van der Waals surface area contributed by atoms with Crippen LogP contribution in [0.3, 0.4) is 0 Å². The zero-order valence-corrected chi connectivity index (χ0v) is 12.2. The third kappa shape index (κ3) is 2.02. The van der Waals surface area contributed by atoms with E-state index in [1.54, 1.807) is 18.4 Å². The lowest BCUT2D eigenvalue weighted by Gasteiger charge is -2.10. The molecule has 0 atom stereocenters. The van der Waals surface area contributed by atoms with E-state index in [9.17, 15) is 0 Å². The highest BCUT2D eigenvalue weighted by molar-refractivity contribution is 7.16. The molecule has 0 radical (unpaired) electrons. The summed E-state index contributed by atoms with van der Waals surface area (Å²) in [5.41, 5.74) is 3.15. The first-order valence-electron chi connectivity index (χ1n) is 6.60. The van der Waals surface area contributed by atoms with E-state index in [-0.39, 0.29) is 0 Å². The van der Waals surface area contributed by atoms with Crippen LogP contribution in [0.1, 0.15) is 0 Å². The summed E-state index contributed by atoms with van der Waals surface area (Å²) in [4.78, 5) is 5.75. The van der Waals surface area contributed by atoms with Crippen LogP contribution in [0, 0.1) is 0 Å². The molecule has 104 valence electrons. The number of hydrogen-bond acceptors (Lipinski definition) is 4. The van der Waals surface area contributed by atoms with E-state index in [4.69, 9.17) is 9.72 Å². The Kier molecular flexibility index (Phi) is 2.79. The van der Waals surface area contributed by atoms with Crippen molar-refractivity contribution in [2.75, 3.05) is 12.4 Å². The Morgan fingerprint density at radius 3 is 3.00 bits per heavy atom. The van der Waals surface area contributed by atoms with Crippen molar-refractivity contribution >= 4 is 38.7 Å². The molecule has 0 aliphatic carbocycles. The predicted molar refractivity (Wildman–Crippen MR) is 86.9 cm³/mol. The number of nitrogens with one attached hydrogen (secondary N) is 1. The standard InChI is InChI=1S/C16H13N3OS/c1-20-12-5-2-4-11(10-12)17-15-13-6-3-8-19(13)14-7-9-21-16(14)18-15/h2-10H,1H3,(H,17,18). The summed E-state index contributed by atoms with van der Waals surface area (Å²) in [6.07, 6.45) is 2.06. The molecule has 0 spiro atoms. The van der Waals surface area contributed by atoms with E-state index in [0.717, 1.165) is 33.1 Å². The number of methoxy groups -OCH3 is 1. The van der Waals surface area contributed by atoms with Gasteiger partial charge in [-0.3, -0.25) is 0 Å². The highest BCUT2D eigenvalue weighted by Crippen LogP contribution is 2.28. The molecule has 0 bridgehead atoms. The minimum absolute atomic E-state index is 0.823. The molecule has 0 aliphatic rings. The van der Waals surface area contributed by atoms with Gasteiger partial charge in [0.05, 0.1) is 18.1 Å². The third-order valence-corrected chi connectivity index (χ3v) is 4.22. The zero-order chi connectivity index (χ0) is 14.2. The molecule has 0 saturated carbocycles. The molecule has 0 unspecified atom stereocenters. The molecule has 5 heteroatoms. The maximum absolute atomic E-state index is 5.26. The van der Waals surface area contributed by atoms with Crippen LogP contribution in [0.2, 0.25) is 0 Å². The molecule has 0 saturated heterocycles. The fourth-order valence-corrected chi connectivity index (χ4v) is 3.19. The lowest BCUT2D eigenvalue weighted by Crippen LogP contribution is -1.98. The van der Waals surface area contributed by atoms with E-state index < -0.39 is 0 Å². The van der Waals surface area contributed by atoms with Crippen molar-refractivity contribution in [1.82, 2.24) is 9.38 Å². The zero-order valence-electron chi connectivity index (χ0n) is 11.4. The summed E-state index contributed by atoms with van der Waals surface area (Å²) in [6, 6.07) is 14.0. The number of thiophene rings is 1. The number of ether oxygens (including phenoxy) is 1.